The van der Waals surface area contributed by atoms with Crippen molar-refractivity contribution >= 4 is 17.3 Å². The summed E-state index contributed by atoms with van der Waals surface area (Å²) in [4.78, 5) is 0. The van der Waals surface area contributed by atoms with Crippen molar-refractivity contribution in [3.05, 3.63) is 57.9 Å². The van der Waals surface area contributed by atoms with Crippen molar-refractivity contribution in [2.24, 2.45) is 0 Å². The van der Waals surface area contributed by atoms with Gasteiger partial charge in [0.15, 0.2) is 23.8 Å². The lowest BCUT2D eigenvalue weighted by Gasteiger charge is -2.21. The molecule has 146 valence electrons. The van der Waals surface area contributed by atoms with Crippen LogP contribution < -0.4 is 21.9 Å². The summed E-state index contributed by atoms with van der Waals surface area (Å²) in [6.45, 7) is 3.44. The van der Waals surface area contributed by atoms with Gasteiger partial charge < -0.3 is 21.9 Å². The molecule has 0 spiro atoms. The molecule has 0 atom stereocenters. The molecule has 0 bridgehead atoms. The Morgan fingerprint density at radius 1 is 1.15 bits per heavy atom. The molecule has 0 unspecified atom stereocenters. The molecule has 3 rings (SSSR count). The zero-order valence-corrected chi connectivity index (χ0v) is 17.3. The Hall–Kier alpha value is -1.78. The predicted molar refractivity (Wildman–Crippen MR) is 103 cm³/mol. The fourth-order valence-corrected chi connectivity index (χ4v) is 3.76. The highest BCUT2D eigenvalue weighted by Crippen LogP contribution is 2.33. The summed E-state index contributed by atoms with van der Waals surface area (Å²) in [6, 6.07) is 8.93. The quantitative estimate of drug-likeness (QED) is 0.676. The standard InChI is InChI=1S/C21H24ClFNO2.ClH/c1-4-6-19-15-12-21(26-3)20(25-2)11-14(15)9-10-24(19)13-16-17(22)7-5-8-18(16)23;/h5,7-8,11-12H,4,6,9-10,13H2,1-3H3;1H/q+1;/p-1. The van der Waals surface area contributed by atoms with Crippen molar-refractivity contribution in [3.63, 3.8) is 0 Å². The molecule has 0 aliphatic carbocycles. The lowest BCUT2D eigenvalue weighted by atomic mass is 9.93. The predicted octanol–water partition coefficient (Wildman–Crippen LogP) is 1.86. The fourth-order valence-electron chi connectivity index (χ4n) is 3.54. The molecule has 3 nitrogen and oxygen atoms in total. The van der Waals surface area contributed by atoms with Crippen LogP contribution in [-0.2, 0) is 13.0 Å². The number of benzene rings is 2. The first-order chi connectivity index (χ1) is 12.6. The maximum Gasteiger partial charge on any atom is 0.184 e. The zero-order valence-electron chi connectivity index (χ0n) is 15.8. The molecule has 0 N–H and O–H groups in total. The number of hydrogen-bond acceptors (Lipinski definition) is 2. The third kappa shape index (κ3) is 4.39. The lowest BCUT2D eigenvalue weighted by molar-refractivity contribution is -0.546. The lowest BCUT2D eigenvalue weighted by Crippen LogP contribution is -3.00. The van der Waals surface area contributed by atoms with Crippen LogP contribution in [0.15, 0.2) is 30.3 Å². The summed E-state index contributed by atoms with van der Waals surface area (Å²) < 4.78 is 27.4. The van der Waals surface area contributed by atoms with Crippen molar-refractivity contribution in [3.8, 4) is 11.5 Å². The molecule has 0 saturated carbocycles. The van der Waals surface area contributed by atoms with Crippen molar-refractivity contribution in [2.45, 2.75) is 32.7 Å². The number of fused-ring (bicyclic) bond motifs is 1. The van der Waals surface area contributed by atoms with Gasteiger partial charge in [0.1, 0.15) is 12.4 Å². The summed E-state index contributed by atoms with van der Waals surface area (Å²) in [7, 11) is 3.29. The summed E-state index contributed by atoms with van der Waals surface area (Å²) in [5.74, 6) is 1.20. The summed E-state index contributed by atoms with van der Waals surface area (Å²) in [5.41, 5.74) is 4.14. The van der Waals surface area contributed by atoms with Crippen LogP contribution >= 0.6 is 11.6 Å². The van der Waals surface area contributed by atoms with E-state index in [1.165, 1.54) is 17.3 Å². The first-order valence-electron chi connectivity index (χ1n) is 8.88. The van der Waals surface area contributed by atoms with E-state index in [4.69, 9.17) is 21.1 Å². The second kappa shape index (κ2) is 9.43. The van der Waals surface area contributed by atoms with Gasteiger partial charge in [-0.05, 0) is 36.2 Å². The van der Waals surface area contributed by atoms with Crippen molar-refractivity contribution in [2.75, 3.05) is 20.8 Å². The molecule has 0 fully saturated rings. The highest BCUT2D eigenvalue weighted by atomic mass is 35.5. The second-order valence-corrected chi connectivity index (χ2v) is 6.84. The minimum atomic E-state index is -0.258. The molecule has 1 aliphatic heterocycles. The van der Waals surface area contributed by atoms with E-state index in [1.54, 1.807) is 26.4 Å². The van der Waals surface area contributed by atoms with Crippen molar-refractivity contribution in [1.82, 2.24) is 0 Å². The smallest absolute Gasteiger partial charge is 0.184 e. The Labute approximate surface area is 171 Å². The zero-order chi connectivity index (χ0) is 18.7. The van der Waals surface area contributed by atoms with Gasteiger partial charge in [-0.3, -0.25) is 0 Å². The minimum absolute atomic E-state index is 0. The largest absolute Gasteiger partial charge is 1.00 e. The molecule has 2 aromatic rings. The number of rotatable bonds is 6. The molecule has 0 amide bonds. The van der Waals surface area contributed by atoms with E-state index in [2.05, 4.69) is 17.6 Å². The molecule has 2 aromatic carbocycles. The highest BCUT2D eigenvalue weighted by Gasteiger charge is 2.28. The third-order valence-corrected chi connectivity index (χ3v) is 5.20. The Morgan fingerprint density at radius 2 is 1.85 bits per heavy atom. The van der Waals surface area contributed by atoms with Crippen LogP contribution in [0.2, 0.25) is 5.02 Å². The number of hydrogen-bond donors (Lipinski definition) is 0. The van der Waals surface area contributed by atoms with Gasteiger partial charge in [0.05, 0.1) is 24.8 Å². The van der Waals surface area contributed by atoms with Crippen LogP contribution in [0.1, 0.15) is 36.5 Å². The monoisotopic (exact) mass is 411 g/mol. The van der Waals surface area contributed by atoms with Crippen LogP contribution in [0.4, 0.5) is 4.39 Å². The van der Waals surface area contributed by atoms with E-state index in [0.717, 1.165) is 37.1 Å². The Bertz CT molecular complexity index is 832. The Balaban J connectivity index is 0.00000261. The average Bonchev–Trinajstić information content (AvgIpc) is 2.65. The van der Waals surface area contributed by atoms with E-state index < -0.39 is 0 Å². The van der Waals surface area contributed by atoms with Crippen molar-refractivity contribution in [1.29, 1.82) is 0 Å². The molecule has 1 heterocycles. The second-order valence-electron chi connectivity index (χ2n) is 6.43. The van der Waals surface area contributed by atoms with Gasteiger partial charge in [-0.25, -0.2) is 8.97 Å². The van der Waals surface area contributed by atoms with Crippen LogP contribution in [-0.4, -0.2) is 31.1 Å². The number of methoxy groups -OCH3 is 2. The molecular formula is C21H24Cl2FNO2. The van der Waals surface area contributed by atoms with E-state index in [-0.39, 0.29) is 18.2 Å². The van der Waals surface area contributed by atoms with E-state index in [1.807, 2.05) is 6.07 Å². The SMILES string of the molecule is CCCC1=[N+](Cc2c(F)cccc2Cl)CCc2cc(OC)c(OC)cc21.[Cl-]. The van der Waals surface area contributed by atoms with Gasteiger partial charge in [-0.2, -0.15) is 0 Å². The van der Waals surface area contributed by atoms with Gasteiger partial charge in [0.2, 0.25) is 0 Å². The molecule has 1 aliphatic rings. The average molecular weight is 412 g/mol. The maximum atomic E-state index is 14.3. The maximum absolute atomic E-state index is 14.3. The number of nitrogens with zero attached hydrogens (tertiary/aromatic N) is 1. The van der Waals surface area contributed by atoms with Gasteiger partial charge >= 0.3 is 0 Å². The molecule has 0 saturated heterocycles. The molecule has 0 aromatic heterocycles. The topological polar surface area (TPSA) is 21.5 Å². The van der Waals surface area contributed by atoms with Crippen LogP contribution in [0.25, 0.3) is 0 Å². The van der Waals surface area contributed by atoms with Gasteiger partial charge in [-0.15, -0.1) is 0 Å². The summed E-state index contributed by atoms with van der Waals surface area (Å²) in [5, 5.41) is 0.471. The number of ether oxygens (including phenoxy) is 2. The van der Waals surface area contributed by atoms with Gasteiger partial charge in [0, 0.05) is 18.4 Å². The van der Waals surface area contributed by atoms with Crippen molar-refractivity contribution < 1.29 is 30.8 Å². The summed E-state index contributed by atoms with van der Waals surface area (Å²) >= 11 is 6.25. The number of halogens is 3. The highest BCUT2D eigenvalue weighted by molar-refractivity contribution is 6.31. The van der Waals surface area contributed by atoms with Gasteiger partial charge in [0.25, 0.3) is 0 Å². The molecule has 0 radical (unpaired) electrons. The molecular weight excluding hydrogens is 388 g/mol. The minimum Gasteiger partial charge on any atom is -1.00 e. The third-order valence-electron chi connectivity index (χ3n) is 4.85. The van der Waals surface area contributed by atoms with Gasteiger partial charge in [-0.1, -0.05) is 24.6 Å². The Morgan fingerprint density at radius 3 is 2.48 bits per heavy atom. The Kier molecular flexibility index (Phi) is 7.51. The van der Waals surface area contributed by atoms with E-state index >= 15 is 0 Å². The van der Waals surface area contributed by atoms with E-state index in [9.17, 15) is 4.39 Å². The van der Waals surface area contributed by atoms with Crippen LogP contribution in [0.3, 0.4) is 0 Å². The fraction of sp³-hybridized carbons (Fsp3) is 0.381. The molecule has 6 heteroatoms. The van der Waals surface area contributed by atoms with E-state index in [0.29, 0.717) is 22.9 Å². The molecule has 27 heavy (non-hydrogen) atoms. The van der Waals surface area contributed by atoms with Crippen LogP contribution in [0, 0.1) is 5.82 Å². The summed E-state index contributed by atoms with van der Waals surface area (Å²) in [6.07, 6.45) is 2.79. The first kappa shape index (κ1) is 21.5. The normalized spacial score (nSPS) is 13.1. The van der Waals surface area contributed by atoms with Crippen LogP contribution in [0.5, 0.6) is 11.5 Å². The first-order valence-corrected chi connectivity index (χ1v) is 9.25.